The lowest BCUT2D eigenvalue weighted by atomic mass is 10.3. The van der Waals surface area contributed by atoms with Crippen molar-refractivity contribution < 1.29 is 27.5 Å². The van der Waals surface area contributed by atoms with Crippen molar-refractivity contribution in [2.45, 2.75) is 31.2 Å². The number of rotatable bonds is 7. The van der Waals surface area contributed by atoms with Gasteiger partial charge < -0.3 is 9.30 Å². The predicted molar refractivity (Wildman–Crippen MR) is 106 cm³/mol. The second-order valence-electron chi connectivity index (χ2n) is 6.51. The Balaban J connectivity index is 2.00. The molecular formula is C18H21N3O6S2. The number of sulfone groups is 1. The molecule has 1 aliphatic rings. The number of carbonyl (C=O) groups is 3. The van der Waals surface area contributed by atoms with Gasteiger partial charge in [0.25, 0.3) is 5.91 Å². The number of thiazole rings is 1. The van der Waals surface area contributed by atoms with E-state index in [9.17, 15) is 22.8 Å². The molecule has 9 nitrogen and oxygen atoms in total. The first-order valence-corrected chi connectivity index (χ1v) is 11.7. The summed E-state index contributed by atoms with van der Waals surface area (Å²) in [5, 5.41) is 0. The average molecular weight is 440 g/mol. The smallest absolute Gasteiger partial charge is 0.268 e. The molecule has 29 heavy (non-hydrogen) atoms. The molecule has 2 heterocycles. The van der Waals surface area contributed by atoms with Gasteiger partial charge >= 0.3 is 0 Å². The van der Waals surface area contributed by atoms with E-state index < -0.39 is 22.3 Å². The number of ether oxygens (including phenoxy) is 1. The first-order chi connectivity index (χ1) is 13.7. The van der Waals surface area contributed by atoms with Crippen molar-refractivity contribution in [3.05, 3.63) is 23.0 Å². The molecule has 3 amide bonds. The van der Waals surface area contributed by atoms with E-state index in [2.05, 4.69) is 4.99 Å². The van der Waals surface area contributed by atoms with E-state index in [0.717, 1.165) is 16.7 Å². The van der Waals surface area contributed by atoms with Crippen molar-refractivity contribution in [1.29, 1.82) is 0 Å². The summed E-state index contributed by atoms with van der Waals surface area (Å²) < 4.78 is 31.5. The minimum atomic E-state index is -3.38. The first-order valence-electron chi connectivity index (χ1n) is 9.02. The summed E-state index contributed by atoms with van der Waals surface area (Å²) in [6.07, 6.45) is 1.35. The summed E-state index contributed by atoms with van der Waals surface area (Å²) in [6, 6.07) is 4.73. The molecule has 1 aromatic carbocycles. The highest BCUT2D eigenvalue weighted by Crippen LogP contribution is 2.22. The van der Waals surface area contributed by atoms with Crippen LogP contribution in [0.5, 0.6) is 0 Å². The van der Waals surface area contributed by atoms with Gasteiger partial charge in [0.2, 0.25) is 11.8 Å². The van der Waals surface area contributed by atoms with Gasteiger partial charge in [-0.15, -0.1) is 0 Å². The van der Waals surface area contributed by atoms with E-state index in [1.54, 1.807) is 16.7 Å². The Morgan fingerprint density at radius 3 is 2.55 bits per heavy atom. The molecule has 0 bridgehead atoms. The van der Waals surface area contributed by atoms with Gasteiger partial charge in [-0.2, -0.15) is 4.99 Å². The van der Waals surface area contributed by atoms with Crippen LogP contribution in [0.1, 0.15) is 19.8 Å². The zero-order valence-corrected chi connectivity index (χ0v) is 17.7. The van der Waals surface area contributed by atoms with Crippen molar-refractivity contribution in [3.8, 4) is 0 Å². The van der Waals surface area contributed by atoms with Crippen LogP contribution in [0.15, 0.2) is 28.1 Å². The van der Waals surface area contributed by atoms with Gasteiger partial charge in [0.1, 0.15) is 6.54 Å². The maximum Gasteiger partial charge on any atom is 0.268 e. The topological polar surface area (TPSA) is 115 Å². The first kappa shape index (κ1) is 21.3. The molecular weight excluding hydrogens is 418 g/mol. The number of imide groups is 1. The average Bonchev–Trinajstić information content (AvgIpc) is 3.15. The van der Waals surface area contributed by atoms with Crippen LogP contribution >= 0.6 is 11.3 Å². The van der Waals surface area contributed by atoms with Gasteiger partial charge in [-0.05, 0) is 25.1 Å². The lowest BCUT2D eigenvalue weighted by molar-refractivity contribution is -0.141. The third-order valence-corrected chi connectivity index (χ3v) is 6.57. The van der Waals surface area contributed by atoms with Crippen LogP contribution in [-0.4, -0.2) is 61.6 Å². The zero-order valence-electron chi connectivity index (χ0n) is 16.1. The molecule has 3 rings (SSSR count). The third-order valence-electron chi connectivity index (χ3n) is 4.41. The standard InChI is InChI=1S/C18H21N3O6S2/c1-3-27-9-8-20-13-5-4-12(29(2,25)26)10-14(13)28-18(20)19-15(22)11-21-16(23)6-7-17(21)24/h4-5,10H,3,6-9,11H2,1-2H3. The van der Waals surface area contributed by atoms with Crippen molar-refractivity contribution in [2.75, 3.05) is 26.0 Å². The Labute approximate surface area is 171 Å². The van der Waals surface area contributed by atoms with E-state index in [-0.39, 0.29) is 29.6 Å². The Kier molecular flexibility index (Phi) is 6.30. The van der Waals surface area contributed by atoms with Crippen LogP contribution in [0.25, 0.3) is 10.2 Å². The molecule has 0 atom stereocenters. The fourth-order valence-electron chi connectivity index (χ4n) is 2.96. The number of hydrogen-bond donors (Lipinski definition) is 0. The second-order valence-corrected chi connectivity index (χ2v) is 9.54. The van der Waals surface area contributed by atoms with E-state index in [4.69, 9.17) is 4.74 Å². The van der Waals surface area contributed by atoms with Gasteiger partial charge in [-0.1, -0.05) is 11.3 Å². The Hall–Kier alpha value is -2.37. The van der Waals surface area contributed by atoms with Gasteiger partial charge in [0.05, 0.1) is 21.7 Å². The number of benzene rings is 1. The molecule has 1 fully saturated rings. The van der Waals surface area contributed by atoms with Crippen molar-refractivity contribution in [3.63, 3.8) is 0 Å². The van der Waals surface area contributed by atoms with Crippen LogP contribution in [0.3, 0.4) is 0 Å². The SMILES string of the molecule is CCOCCn1c(=NC(=O)CN2C(=O)CCC2=O)sc2cc(S(C)(=O)=O)ccc21. The molecule has 1 saturated heterocycles. The monoisotopic (exact) mass is 439 g/mol. The van der Waals surface area contributed by atoms with Gasteiger partial charge in [0, 0.05) is 32.2 Å². The van der Waals surface area contributed by atoms with E-state index in [0.29, 0.717) is 29.3 Å². The minimum Gasteiger partial charge on any atom is -0.380 e. The van der Waals surface area contributed by atoms with Crippen molar-refractivity contribution >= 4 is 49.1 Å². The molecule has 0 spiro atoms. The van der Waals surface area contributed by atoms with Crippen LogP contribution in [0.2, 0.25) is 0 Å². The van der Waals surface area contributed by atoms with Crippen LogP contribution in [0.4, 0.5) is 0 Å². The van der Waals surface area contributed by atoms with Crippen molar-refractivity contribution in [1.82, 2.24) is 9.47 Å². The number of hydrogen-bond acceptors (Lipinski definition) is 7. The highest BCUT2D eigenvalue weighted by atomic mass is 32.2. The quantitative estimate of drug-likeness (QED) is 0.464. The molecule has 1 aliphatic heterocycles. The molecule has 1 aromatic heterocycles. The van der Waals surface area contributed by atoms with Crippen LogP contribution < -0.4 is 4.80 Å². The summed E-state index contributed by atoms with van der Waals surface area (Å²) in [7, 11) is -3.38. The molecule has 0 aliphatic carbocycles. The third kappa shape index (κ3) is 4.80. The normalized spacial score (nSPS) is 15.7. The predicted octanol–water partition coefficient (Wildman–Crippen LogP) is 0.719. The Morgan fingerprint density at radius 1 is 1.24 bits per heavy atom. The molecule has 0 saturated carbocycles. The summed E-state index contributed by atoms with van der Waals surface area (Å²) in [5.74, 6) is -1.37. The van der Waals surface area contributed by atoms with Gasteiger partial charge in [-0.25, -0.2) is 8.42 Å². The fourth-order valence-corrected chi connectivity index (χ4v) is 4.80. The summed E-state index contributed by atoms with van der Waals surface area (Å²) in [5.41, 5.74) is 0.724. The number of nitrogens with zero attached hydrogens (tertiary/aromatic N) is 3. The summed E-state index contributed by atoms with van der Waals surface area (Å²) >= 11 is 1.17. The lowest BCUT2D eigenvalue weighted by Crippen LogP contribution is -2.34. The lowest BCUT2D eigenvalue weighted by Gasteiger charge is -2.10. The molecule has 0 radical (unpaired) electrons. The van der Waals surface area contributed by atoms with E-state index in [1.807, 2.05) is 6.92 Å². The number of fused-ring (bicyclic) bond motifs is 1. The maximum atomic E-state index is 12.4. The van der Waals surface area contributed by atoms with E-state index in [1.165, 1.54) is 17.4 Å². The number of likely N-dealkylation sites (tertiary alicyclic amines) is 1. The molecule has 0 N–H and O–H groups in total. The van der Waals surface area contributed by atoms with Crippen LogP contribution in [0, 0.1) is 0 Å². The second kappa shape index (κ2) is 8.56. The van der Waals surface area contributed by atoms with E-state index >= 15 is 0 Å². The minimum absolute atomic E-state index is 0.109. The summed E-state index contributed by atoms with van der Waals surface area (Å²) in [6.45, 7) is 2.81. The largest absolute Gasteiger partial charge is 0.380 e. The van der Waals surface area contributed by atoms with Gasteiger partial charge in [0.15, 0.2) is 14.6 Å². The highest BCUT2D eigenvalue weighted by molar-refractivity contribution is 7.90. The maximum absolute atomic E-state index is 12.4. The number of carbonyl (C=O) groups excluding carboxylic acids is 3. The Bertz CT molecular complexity index is 1130. The van der Waals surface area contributed by atoms with Crippen molar-refractivity contribution in [2.24, 2.45) is 4.99 Å². The Morgan fingerprint density at radius 2 is 1.93 bits per heavy atom. The van der Waals surface area contributed by atoms with Crippen LogP contribution in [-0.2, 0) is 35.5 Å². The zero-order chi connectivity index (χ0) is 21.2. The molecule has 11 heteroatoms. The fraction of sp³-hybridized carbons (Fsp3) is 0.444. The number of aromatic nitrogens is 1. The highest BCUT2D eigenvalue weighted by Gasteiger charge is 2.30. The molecule has 2 aromatic rings. The molecule has 156 valence electrons. The van der Waals surface area contributed by atoms with Gasteiger partial charge in [-0.3, -0.25) is 19.3 Å². The molecule has 0 unspecified atom stereocenters. The number of amides is 3. The summed E-state index contributed by atoms with van der Waals surface area (Å²) in [4.78, 5) is 41.4.